The number of hydrogen-bond acceptors (Lipinski definition) is 2. The second-order valence-electron chi connectivity index (χ2n) is 17.6. The maximum Gasteiger partial charge on any atom is 0.143 e. The van der Waals surface area contributed by atoms with Crippen molar-refractivity contribution >= 4 is 49.8 Å². The molecular weight excluding hydrogens is 811 g/mol. The van der Waals surface area contributed by atoms with E-state index in [0.29, 0.717) is 0 Å². The molecule has 1 aliphatic rings. The third-order valence-electron chi connectivity index (χ3n) is 13.9. The SMILES string of the molecule is c1ccc(-c2cccc(-c3ccc(N(c4cccc(-c5cccc6oc7c8ccccc8ccc7c56)c4)c4ccc5c(c4)C(c4ccccc4)(c4ccccc4)c4ccccc4-5)cc3)c2)cc1. The number of hydrogen-bond donors (Lipinski definition) is 0. The summed E-state index contributed by atoms with van der Waals surface area (Å²) in [4.78, 5) is 2.43. The van der Waals surface area contributed by atoms with E-state index < -0.39 is 5.41 Å². The maximum atomic E-state index is 6.68. The van der Waals surface area contributed by atoms with Crippen LogP contribution < -0.4 is 4.90 Å². The number of nitrogens with zero attached hydrogens (tertiary/aromatic N) is 1. The molecule has 0 saturated carbocycles. The summed E-state index contributed by atoms with van der Waals surface area (Å²) in [5.41, 5.74) is 19.1. The van der Waals surface area contributed by atoms with Gasteiger partial charge in [-0.3, -0.25) is 0 Å². The van der Waals surface area contributed by atoms with Crippen molar-refractivity contribution in [2.45, 2.75) is 5.41 Å². The first-order valence-corrected chi connectivity index (χ1v) is 23.1. The third kappa shape index (κ3) is 6.26. The Hall–Kier alpha value is -8.72. The lowest BCUT2D eigenvalue weighted by Gasteiger charge is -2.35. The molecule has 1 heterocycles. The fourth-order valence-electron chi connectivity index (χ4n) is 10.9. The topological polar surface area (TPSA) is 16.4 Å². The lowest BCUT2D eigenvalue weighted by atomic mass is 9.67. The molecule has 314 valence electrons. The molecule has 0 unspecified atom stereocenters. The number of fused-ring (bicyclic) bond motifs is 8. The van der Waals surface area contributed by atoms with Crippen molar-refractivity contribution in [2.24, 2.45) is 0 Å². The Labute approximate surface area is 390 Å². The van der Waals surface area contributed by atoms with Crippen molar-refractivity contribution in [2.75, 3.05) is 4.90 Å². The number of furan rings is 1. The van der Waals surface area contributed by atoms with Crippen LogP contribution in [0.3, 0.4) is 0 Å². The molecule has 0 N–H and O–H groups in total. The van der Waals surface area contributed by atoms with Gasteiger partial charge >= 0.3 is 0 Å². The van der Waals surface area contributed by atoms with Gasteiger partial charge < -0.3 is 9.32 Å². The Morgan fingerprint density at radius 2 is 0.881 bits per heavy atom. The molecule has 67 heavy (non-hydrogen) atoms. The highest BCUT2D eigenvalue weighted by atomic mass is 16.3. The summed E-state index contributed by atoms with van der Waals surface area (Å²) in [6.45, 7) is 0. The quantitative estimate of drug-likeness (QED) is 0.151. The van der Waals surface area contributed by atoms with E-state index in [1.807, 2.05) is 0 Å². The van der Waals surface area contributed by atoms with Crippen molar-refractivity contribution < 1.29 is 4.42 Å². The third-order valence-corrected chi connectivity index (χ3v) is 13.9. The monoisotopic (exact) mass is 853 g/mol. The van der Waals surface area contributed by atoms with E-state index in [2.05, 4.69) is 266 Å². The van der Waals surface area contributed by atoms with Gasteiger partial charge in [0.15, 0.2) is 0 Å². The Kier molecular flexibility index (Phi) is 9.11. The summed E-state index contributed by atoms with van der Waals surface area (Å²) in [7, 11) is 0. The van der Waals surface area contributed by atoms with Gasteiger partial charge in [0.2, 0.25) is 0 Å². The zero-order chi connectivity index (χ0) is 44.3. The van der Waals surface area contributed by atoms with Crippen molar-refractivity contribution in [1.29, 1.82) is 0 Å². The van der Waals surface area contributed by atoms with E-state index >= 15 is 0 Å². The van der Waals surface area contributed by atoms with Crippen LogP contribution in [0.4, 0.5) is 17.1 Å². The lowest BCUT2D eigenvalue weighted by molar-refractivity contribution is 0.673. The molecule has 0 spiro atoms. The zero-order valence-corrected chi connectivity index (χ0v) is 36.7. The largest absolute Gasteiger partial charge is 0.455 e. The minimum absolute atomic E-state index is 0.534. The highest BCUT2D eigenvalue weighted by molar-refractivity contribution is 6.19. The predicted octanol–water partition coefficient (Wildman–Crippen LogP) is 17.6. The van der Waals surface area contributed by atoms with E-state index in [1.165, 1.54) is 55.5 Å². The molecule has 0 fully saturated rings. The number of anilines is 3. The van der Waals surface area contributed by atoms with E-state index in [4.69, 9.17) is 4.42 Å². The van der Waals surface area contributed by atoms with Crippen molar-refractivity contribution in [3.05, 3.63) is 283 Å². The molecule has 1 aromatic heterocycles. The van der Waals surface area contributed by atoms with E-state index in [-0.39, 0.29) is 0 Å². The fourth-order valence-corrected chi connectivity index (χ4v) is 10.9. The molecule has 12 aromatic rings. The summed E-state index contributed by atoms with van der Waals surface area (Å²) < 4.78 is 6.68. The van der Waals surface area contributed by atoms with Gasteiger partial charge in [-0.05, 0) is 127 Å². The second-order valence-corrected chi connectivity index (χ2v) is 17.6. The highest BCUT2D eigenvalue weighted by Crippen LogP contribution is 2.57. The van der Waals surface area contributed by atoms with Crippen molar-refractivity contribution in [3.8, 4) is 44.5 Å². The molecule has 0 atom stereocenters. The van der Waals surface area contributed by atoms with Gasteiger partial charge in [-0.15, -0.1) is 0 Å². The van der Waals surface area contributed by atoms with Crippen molar-refractivity contribution in [1.82, 2.24) is 0 Å². The summed E-state index contributed by atoms with van der Waals surface area (Å²) in [5.74, 6) is 0. The van der Waals surface area contributed by atoms with Crippen LogP contribution in [0.25, 0.3) is 77.2 Å². The molecule has 0 amide bonds. The first-order chi connectivity index (χ1) is 33.2. The van der Waals surface area contributed by atoms with Crippen LogP contribution in [0.15, 0.2) is 265 Å². The first-order valence-electron chi connectivity index (χ1n) is 23.1. The Morgan fingerprint density at radius 3 is 1.66 bits per heavy atom. The molecule has 2 heteroatoms. The van der Waals surface area contributed by atoms with Gasteiger partial charge in [0, 0.05) is 33.2 Å². The Balaban J connectivity index is 1.01. The molecule has 0 bridgehead atoms. The lowest BCUT2D eigenvalue weighted by Crippen LogP contribution is -2.28. The molecule has 1 aliphatic carbocycles. The Bertz CT molecular complexity index is 3760. The smallest absolute Gasteiger partial charge is 0.143 e. The summed E-state index contributed by atoms with van der Waals surface area (Å²) in [6.07, 6.45) is 0. The molecule has 2 nitrogen and oxygen atoms in total. The van der Waals surface area contributed by atoms with Gasteiger partial charge in [-0.2, -0.15) is 0 Å². The van der Waals surface area contributed by atoms with Crippen LogP contribution in [-0.4, -0.2) is 0 Å². The Morgan fingerprint density at radius 1 is 0.313 bits per heavy atom. The average molecular weight is 854 g/mol. The molecule has 13 rings (SSSR count). The molecule has 0 aliphatic heterocycles. The standard InChI is InChI=1S/C65H43NO/c1-4-17-44(18-5-1)47-20-14-21-48(41-47)45-33-36-52(37-34-45)66(53-27-15-22-49(42-53)55-30-16-32-62-63(55)59-39-35-46-19-10-11-28-56(46)64(59)67-62)54-38-40-58-57-29-12-13-31-60(57)65(61(58)43-54,50-23-6-2-7-24-50)51-25-8-3-9-26-51/h1-43H. The van der Waals surface area contributed by atoms with E-state index in [0.717, 1.165) is 61.1 Å². The van der Waals surface area contributed by atoms with Crippen LogP contribution in [0.2, 0.25) is 0 Å². The van der Waals surface area contributed by atoms with E-state index in [1.54, 1.807) is 0 Å². The second kappa shape index (κ2) is 15.8. The molecule has 11 aromatic carbocycles. The summed E-state index contributed by atoms with van der Waals surface area (Å²) in [5, 5.41) is 4.54. The van der Waals surface area contributed by atoms with Gasteiger partial charge in [0.05, 0.1) is 5.41 Å². The van der Waals surface area contributed by atoms with Gasteiger partial charge in [-0.25, -0.2) is 0 Å². The summed E-state index contributed by atoms with van der Waals surface area (Å²) >= 11 is 0. The van der Waals surface area contributed by atoms with Crippen LogP contribution in [-0.2, 0) is 5.41 Å². The van der Waals surface area contributed by atoms with Gasteiger partial charge in [-0.1, -0.05) is 206 Å². The van der Waals surface area contributed by atoms with Crippen LogP contribution in [0.5, 0.6) is 0 Å². The van der Waals surface area contributed by atoms with Gasteiger partial charge in [0.25, 0.3) is 0 Å². The summed E-state index contributed by atoms with van der Waals surface area (Å²) in [6, 6.07) is 95.0. The normalized spacial score (nSPS) is 12.6. The average Bonchev–Trinajstić information content (AvgIpc) is 3.94. The minimum atomic E-state index is -0.534. The van der Waals surface area contributed by atoms with Crippen LogP contribution >= 0.6 is 0 Å². The number of rotatable bonds is 8. The molecular formula is C65H43NO. The first kappa shape index (κ1) is 38.7. The zero-order valence-electron chi connectivity index (χ0n) is 36.7. The van der Waals surface area contributed by atoms with E-state index in [9.17, 15) is 0 Å². The predicted molar refractivity (Wildman–Crippen MR) is 280 cm³/mol. The van der Waals surface area contributed by atoms with Crippen LogP contribution in [0.1, 0.15) is 22.3 Å². The number of benzene rings is 11. The molecule has 0 saturated heterocycles. The highest BCUT2D eigenvalue weighted by Gasteiger charge is 2.46. The van der Waals surface area contributed by atoms with Crippen molar-refractivity contribution in [3.63, 3.8) is 0 Å². The fraction of sp³-hybridized carbons (Fsp3) is 0.0154. The molecule has 0 radical (unpaired) electrons. The van der Waals surface area contributed by atoms with Gasteiger partial charge in [0.1, 0.15) is 11.2 Å². The van der Waals surface area contributed by atoms with Crippen LogP contribution in [0, 0.1) is 0 Å². The maximum absolute atomic E-state index is 6.68. The minimum Gasteiger partial charge on any atom is -0.455 e.